The Morgan fingerprint density at radius 3 is 1.33 bits per heavy atom. The van der Waals surface area contributed by atoms with Crippen LogP contribution in [0.25, 0.3) is 0 Å². The molecular weight excluding hydrogens is 399 g/mol. The molecule has 24 heavy (non-hydrogen) atoms. The van der Waals surface area contributed by atoms with E-state index in [0.717, 1.165) is 12.1 Å². The molecule has 0 unspecified atom stereocenters. The van der Waals surface area contributed by atoms with Crippen molar-refractivity contribution < 1.29 is 26.4 Å². The van der Waals surface area contributed by atoms with Crippen molar-refractivity contribution in [2.45, 2.75) is 9.79 Å². The number of ketones is 2. The van der Waals surface area contributed by atoms with Crippen molar-refractivity contribution in [3.8, 4) is 0 Å². The fraction of sp³-hybridized carbons (Fsp3) is 0. The minimum absolute atomic E-state index is 0.168. The molecule has 10 heteroatoms. The molecule has 1 aliphatic carbocycles. The predicted octanol–water partition coefficient (Wildman–Crippen LogP) is 2.32. The van der Waals surface area contributed by atoms with E-state index in [2.05, 4.69) is 0 Å². The first-order valence-corrected chi connectivity index (χ1v) is 10.9. The molecule has 0 heterocycles. The number of hydrogen-bond acceptors (Lipinski definition) is 6. The van der Waals surface area contributed by atoms with Crippen molar-refractivity contribution in [3.63, 3.8) is 0 Å². The van der Waals surface area contributed by atoms with Gasteiger partial charge in [0.2, 0.25) is 0 Å². The maximum atomic E-state index is 12.8. The monoisotopic (exact) mass is 404 g/mol. The van der Waals surface area contributed by atoms with E-state index in [-0.39, 0.29) is 11.1 Å². The second-order valence-electron chi connectivity index (χ2n) is 4.89. The Morgan fingerprint density at radius 1 is 0.625 bits per heavy atom. The van der Waals surface area contributed by atoms with Crippen LogP contribution in [0.2, 0.25) is 0 Å². The summed E-state index contributed by atoms with van der Waals surface area (Å²) >= 11 is 0. The van der Waals surface area contributed by atoms with Crippen LogP contribution >= 0.6 is 21.4 Å². The lowest BCUT2D eigenvalue weighted by molar-refractivity contribution is 0.0974. The number of halogens is 2. The fourth-order valence-electron chi connectivity index (χ4n) is 2.59. The third-order valence-electron chi connectivity index (χ3n) is 3.52. The van der Waals surface area contributed by atoms with Gasteiger partial charge in [0.05, 0.1) is 20.9 Å². The Hall–Kier alpha value is -1.74. The van der Waals surface area contributed by atoms with Crippen LogP contribution in [0, 0.1) is 0 Å². The van der Waals surface area contributed by atoms with Crippen molar-refractivity contribution >= 4 is 51.0 Å². The summed E-state index contributed by atoms with van der Waals surface area (Å²) in [5.41, 5.74) is -1.26. The van der Waals surface area contributed by atoms with Gasteiger partial charge in [-0.25, -0.2) is 16.8 Å². The summed E-state index contributed by atoms with van der Waals surface area (Å²) in [7, 11) is 1.99. The molecule has 2 aromatic rings. The molecule has 124 valence electrons. The lowest BCUT2D eigenvalue weighted by Gasteiger charge is -2.20. The Bertz CT molecular complexity index is 1050. The van der Waals surface area contributed by atoms with Crippen LogP contribution in [0.15, 0.2) is 46.2 Å². The van der Waals surface area contributed by atoms with E-state index in [1.165, 1.54) is 24.3 Å². The van der Waals surface area contributed by atoms with Gasteiger partial charge in [-0.05, 0) is 12.1 Å². The molecule has 6 nitrogen and oxygen atoms in total. The van der Waals surface area contributed by atoms with Crippen LogP contribution < -0.4 is 0 Å². The van der Waals surface area contributed by atoms with E-state index in [9.17, 15) is 26.4 Å². The SMILES string of the molecule is O=C1c2cccc(S(=O)(=O)Cl)c2C(=O)c2c1cccc2S(=O)(=O)Cl. The molecule has 0 atom stereocenters. The predicted molar refractivity (Wildman–Crippen MR) is 85.8 cm³/mol. The number of fused-ring (bicyclic) bond motifs is 2. The molecule has 0 amide bonds. The Labute approximate surface area is 145 Å². The molecule has 0 aromatic heterocycles. The number of rotatable bonds is 2. The minimum Gasteiger partial charge on any atom is -0.289 e. The molecule has 0 saturated carbocycles. The maximum absolute atomic E-state index is 12.8. The highest BCUT2D eigenvalue weighted by atomic mass is 35.7. The Kier molecular flexibility index (Phi) is 3.83. The van der Waals surface area contributed by atoms with E-state index in [1.807, 2.05) is 0 Å². The smallest absolute Gasteiger partial charge is 0.262 e. The summed E-state index contributed by atoms with van der Waals surface area (Å²) in [5, 5.41) is 0. The Morgan fingerprint density at radius 2 is 1.00 bits per heavy atom. The zero-order valence-corrected chi connectivity index (χ0v) is 14.6. The highest BCUT2D eigenvalue weighted by Crippen LogP contribution is 2.36. The van der Waals surface area contributed by atoms with Gasteiger partial charge >= 0.3 is 0 Å². The van der Waals surface area contributed by atoms with Crippen LogP contribution in [-0.4, -0.2) is 28.4 Å². The fourth-order valence-corrected chi connectivity index (χ4v) is 4.73. The van der Waals surface area contributed by atoms with Gasteiger partial charge in [0.1, 0.15) is 0 Å². The molecule has 3 rings (SSSR count). The molecular formula is C14H6Cl2O6S2. The summed E-state index contributed by atoms with van der Waals surface area (Å²) in [5.74, 6) is -1.64. The third-order valence-corrected chi connectivity index (χ3v) is 6.25. The van der Waals surface area contributed by atoms with Crippen molar-refractivity contribution in [2.75, 3.05) is 0 Å². The van der Waals surface area contributed by atoms with Gasteiger partial charge < -0.3 is 0 Å². The number of carbonyl (C=O) groups is 2. The molecule has 0 fully saturated rings. The average molecular weight is 405 g/mol. The average Bonchev–Trinajstić information content (AvgIpc) is 2.49. The molecule has 0 N–H and O–H groups in total. The van der Waals surface area contributed by atoms with Gasteiger partial charge in [0.25, 0.3) is 18.1 Å². The Balaban J connectivity index is 2.46. The van der Waals surface area contributed by atoms with Crippen molar-refractivity contribution in [3.05, 3.63) is 58.7 Å². The molecule has 0 saturated heterocycles. The van der Waals surface area contributed by atoms with Gasteiger partial charge in [0.15, 0.2) is 11.6 Å². The second-order valence-corrected chi connectivity index (χ2v) is 9.96. The number of carbonyl (C=O) groups excluding carboxylic acids is 2. The third kappa shape index (κ3) is 2.55. The first-order chi connectivity index (χ1) is 11.0. The standard InChI is InChI=1S/C14H6Cl2O6S2/c15-23(19,20)9-5-1-3-7-11(9)14(18)12-8(13(7)17)4-2-6-10(12)24(16,21)22/h1-6H. The molecule has 0 spiro atoms. The van der Waals surface area contributed by atoms with E-state index >= 15 is 0 Å². The van der Waals surface area contributed by atoms with Crippen LogP contribution in [0.5, 0.6) is 0 Å². The topological polar surface area (TPSA) is 102 Å². The second kappa shape index (κ2) is 5.38. The van der Waals surface area contributed by atoms with Crippen LogP contribution in [0.4, 0.5) is 0 Å². The quantitative estimate of drug-likeness (QED) is 0.607. The molecule has 0 radical (unpaired) electrons. The zero-order valence-electron chi connectivity index (χ0n) is 11.5. The first kappa shape index (κ1) is 17.1. The minimum atomic E-state index is -4.33. The van der Waals surface area contributed by atoms with Gasteiger partial charge in [-0.2, -0.15) is 0 Å². The molecule has 0 bridgehead atoms. The van der Waals surface area contributed by atoms with Crippen molar-refractivity contribution in [1.29, 1.82) is 0 Å². The normalized spacial score (nSPS) is 14.2. The lowest BCUT2D eigenvalue weighted by Crippen LogP contribution is -2.25. The zero-order chi connectivity index (χ0) is 17.9. The highest BCUT2D eigenvalue weighted by molar-refractivity contribution is 8.14. The summed E-state index contributed by atoms with van der Waals surface area (Å²) in [6.45, 7) is 0. The van der Waals surface area contributed by atoms with Crippen LogP contribution in [0.3, 0.4) is 0 Å². The van der Waals surface area contributed by atoms with Gasteiger partial charge in [-0.3, -0.25) is 9.59 Å². The largest absolute Gasteiger partial charge is 0.289 e. The molecule has 2 aromatic carbocycles. The van der Waals surface area contributed by atoms with E-state index in [0.29, 0.717) is 0 Å². The summed E-state index contributed by atoms with van der Waals surface area (Å²) < 4.78 is 46.8. The summed E-state index contributed by atoms with van der Waals surface area (Å²) in [6.07, 6.45) is 0. The molecule has 0 aliphatic heterocycles. The maximum Gasteiger partial charge on any atom is 0.262 e. The van der Waals surface area contributed by atoms with Crippen molar-refractivity contribution in [1.82, 2.24) is 0 Å². The lowest BCUT2D eigenvalue weighted by atomic mass is 9.84. The van der Waals surface area contributed by atoms with Gasteiger partial charge in [-0.15, -0.1) is 0 Å². The van der Waals surface area contributed by atoms with E-state index in [4.69, 9.17) is 21.4 Å². The van der Waals surface area contributed by atoms with Crippen molar-refractivity contribution in [2.24, 2.45) is 0 Å². The van der Waals surface area contributed by atoms with Crippen LogP contribution in [0.1, 0.15) is 31.8 Å². The highest BCUT2D eigenvalue weighted by Gasteiger charge is 2.37. The molecule has 1 aliphatic rings. The van der Waals surface area contributed by atoms with Gasteiger partial charge in [-0.1, -0.05) is 24.3 Å². The summed E-state index contributed by atoms with van der Waals surface area (Å²) in [4.78, 5) is 24.2. The van der Waals surface area contributed by atoms with E-state index in [1.54, 1.807) is 0 Å². The first-order valence-electron chi connectivity index (χ1n) is 6.28. The van der Waals surface area contributed by atoms with E-state index < -0.39 is 50.6 Å². The van der Waals surface area contributed by atoms with Gasteiger partial charge in [0, 0.05) is 32.5 Å². The number of benzene rings is 2. The number of hydrogen-bond donors (Lipinski definition) is 0. The van der Waals surface area contributed by atoms with Crippen LogP contribution in [-0.2, 0) is 18.1 Å². The summed E-state index contributed by atoms with van der Waals surface area (Å²) in [6, 6.07) is 7.21.